The molecular formula is C21H23N5O3. The first kappa shape index (κ1) is 19.1. The molecule has 8 heteroatoms. The molecule has 3 aromatic rings. The minimum absolute atomic E-state index is 0.130. The van der Waals surface area contributed by atoms with Gasteiger partial charge < -0.3 is 14.5 Å². The molecule has 0 bridgehead atoms. The Labute approximate surface area is 168 Å². The summed E-state index contributed by atoms with van der Waals surface area (Å²) in [6, 6.07) is 5.83. The van der Waals surface area contributed by atoms with Crippen LogP contribution in [0.3, 0.4) is 0 Å². The molecule has 1 aliphatic rings. The van der Waals surface area contributed by atoms with Crippen LogP contribution in [0.1, 0.15) is 22.5 Å². The third-order valence-corrected chi connectivity index (χ3v) is 5.05. The van der Waals surface area contributed by atoms with E-state index >= 15 is 0 Å². The van der Waals surface area contributed by atoms with E-state index in [-0.39, 0.29) is 5.56 Å². The Morgan fingerprint density at radius 1 is 1.17 bits per heavy atom. The average molecular weight is 393 g/mol. The van der Waals surface area contributed by atoms with E-state index in [0.717, 1.165) is 29.2 Å². The van der Waals surface area contributed by atoms with Gasteiger partial charge in [-0.25, -0.2) is 9.97 Å². The normalized spacial score (nSPS) is 13.8. The predicted octanol–water partition coefficient (Wildman–Crippen LogP) is 2.11. The molecule has 0 saturated carbocycles. The highest BCUT2D eigenvalue weighted by Crippen LogP contribution is 2.32. The quantitative estimate of drug-likeness (QED) is 0.710. The van der Waals surface area contributed by atoms with E-state index in [4.69, 9.17) is 9.47 Å². The molecule has 0 fully saturated rings. The number of nitrogens with zero attached hydrogens (tertiary/aromatic N) is 4. The van der Waals surface area contributed by atoms with Crippen molar-refractivity contribution in [2.24, 2.45) is 0 Å². The first-order valence-electron chi connectivity index (χ1n) is 9.42. The molecule has 1 N–H and O–H groups in total. The van der Waals surface area contributed by atoms with Crippen molar-refractivity contribution in [1.82, 2.24) is 24.8 Å². The molecular weight excluding hydrogens is 370 g/mol. The van der Waals surface area contributed by atoms with Crippen LogP contribution in [0.15, 0.2) is 35.4 Å². The van der Waals surface area contributed by atoms with Crippen LogP contribution in [0.4, 0.5) is 0 Å². The highest BCUT2D eigenvalue weighted by molar-refractivity contribution is 5.48. The summed E-state index contributed by atoms with van der Waals surface area (Å²) in [6.07, 6.45) is 3.99. The minimum Gasteiger partial charge on any atom is -0.493 e. The molecule has 0 saturated heterocycles. The summed E-state index contributed by atoms with van der Waals surface area (Å²) in [6.45, 7) is 3.84. The van der Waals surface area contributed by atoms with E-state index in [0.29, 0.717) is 42.3 Å². The zero-order chi connectivity index (χ0) is 20.4. The molecule has 1 aliphatic heterocycles. The lowest BCUT2D eigenvalue weighted by Crippen LogP contribution is -2.35. The number of ether oxygens (including phenoxy) is 2. The fourth-order valence-corrected chi connectivity index (χ4v) is 3.57. The number of nitrogens with one attached hydrogen (secondary N) is 1. The number of hydrogen-bond donors (Lipinski definition) is 1. The zero-order valence-corrected chi connectivity index (χ0v) is 16.7. The predicted molar refractivity (Wildman–Crippen MR) is 108 cm³/mol. The molecule has 4 rings (SSSR count). The lowest BCUT2D eigenvalue weighted by molar-refractivity contribution is 0.237. The van der Waals surface area contributed by atoms with Crippen molar-refractivity contribution in [3.63, 3.8) is 0 Å². The van der Waals surface area contributed by atoms with Gasteiger partial charge in [-0.3, -0.25) is 14.7 Å². The lowest BCUT2D eigenvalue weighted by atomic mass is 10.1. The topological polar surface area (TPSA) is 93.2 Å². The maximum Gasteiger partial charge on any atom is 0.255 e. The molecule has 0 atom stereocenters. The van der Waals surface area contributed by atoms with Crippen molar-refractivity contribution in [1.29, 1.82) is 0 Å². The van der Waals surface area contributed by atoms with Crippen LogP contribution in [-0.4, -0.2) is 45.6 Å². The van der Waals surface area contributed by atoms with Gasteiger partial charge in [0.25, 0.3) is 5.56 Å². The Kier molecular flexibility index (Phi) is 5.26. The van der Waals surface area contributed by atoms with Gasteiger partial charge in [-0.1, -0.05) is 12.1 Å². The van der Waals surface area contributed by atoms with Crippen molar-refractivity contribution < 1.29 is 9.47 Å². The summed E-state index contributed by atoms with van der Waals surface area (Å²) in [4.78, 5) is 31.0. The maximum atomic E-state index is 12.7. The van der Waals surface area contributed by atoms with Gasteiger partial charge in [-0.2, -0.15) is 0 Å². The second kappa shape index (κ2) is 8.00. The molecule has 8 nitrogen and oxygen atoms in total. The fraction of sp³-hybridized carbons (Fsp3) is 0.333. The van der Waals surface area contributed by atoms with Crippen molar-refractivity contribution in [3.8, 4) is 23.0 Å². The Hall–Kier alpha value is -3.26. The molecule has 0 unspecified atom stereocenters. The van der Waals surface area contributed by atoms with E-state index in [1.54, 1.807) is 26.6 Å². The van der Waals surface area contributed by atoms with Gasteiger partial charge in [0.2, 0.25) is 0 Å². The first-order valence-corrected chi connectivity index (χ1v) is 9.42. The second-order valence-electron chi connectivity index (χ2n) is 7.00. The first-order chi connectivity index (χ1) is 14.1. The molecule has 29 heavy (non-hydrogen) atoms. The van der Waals surface area contributed by atoms with Crippen molar-refractivity contribution in [2.45, 2.75) is 26.4 Å². The van der Waals surface area contributed by atoms with Gasteiger partial charge in [0.15, 0.2) is 17.3 Å². The summed E-state index contributed by atoms with van der Waals surface area (Å²) >= 11 is 0. The molecule has 0 amide bonds. The molecule has 0 spiro atoms. The van der Waals surface area contributed by atoms with Gasteiger partial charge in [0, 0.05) is 37.8 Å². The zero-order valence-electron chi connectivity index (χ0n) is 16.7. The summed E-state index contributed by atoms with van der Waals surface area (Å²) in [5, 5.41) is 0. The standard InChI is InChI=1S/C21H23N5O3/c1-13-9-23-17(10-22-13)20-24-16-7-8-26(12-15(16)21(27)25-20)11-14-5-4-6-18(28-2)19(14)29-3/h4-6,9-10H,7-8,11-12H2,1-3H3,(H,24,25,27). The van der Waals surface area contributed by atoms with Crippen LogP contribution < -0.4 is 15.0 Å². The van der Waals surface area contributed by atoms with Crippen LogP contribution in [0.25, 0.3) is 11.5 Å². The van der Waals surface area contributed by atoms with Crippen molar-refractivity contribution in [3.05, 3.63) is 63.5 Å². The lowest BCUT2D eigenvalue weighted by Gasteiger charge is -2.28. The van der Waals surface area contributed by atoms with E-state index in [1.165, 1.54) is 0 Å². The number of benzene rings is 1. The number of fused-ring (bicyclic) bond motifs is 1. The van der Waals surface area contributed by atoms with Gasteiger partial charge in [-0.05, 0) is 13.0 Å². The Bertz CT molecular complexity index is 1080. The number of H-pyrrole nitrogens is 1. The van der Waals surface area contributed by atoms with Crippen LogP contribution in [0.2, 0.25) is 0 Å². The summed E-state index contributed by atoms with van der Waals surface area (Å²) in [5.74, 6) is 1.89. The van der Waals surface area contributed by atoms with Crippen LogP contribution in [-0.2, 0) is 19.5 Å². The van der Waals surface area contributed by atoms with Crippen molar-refractivity contribution in [2.75, 3.05) is 20.8 Å². The molecule has 0 aliphatic carbocycles. The molecule has 3 heterocycles. The van der Waals surface area contributed by atoms with Gasteiger partial charge in [0.1, 0.15) is 5.69 Å². The summed E-state index contributed by atoms with van der Waals surface area (Å²) < 4.78 is 10.9. The Morgan fingerprint density at radius 3 is 2.76 bits per heavy atom. The van der Waals surface area contributed by atoms with E-state index in [2.05, 4.69) is 24.8 Å². The number of aromatic nitrogens is 4. The number of aryl methyl sites for hydroxylation is 1. The van der Waals surface area contributed by atoms with Gasteiger partial charge in [-0.15, -0.1) is 0 Å². The number of rotatable bonds is 5. The van der Waals surface area contributed by atoms with E-state index < -0.39 is 0 Å². The molecule has 0 radical (unpaired) electrons. The third kappa shape index (κ3) is 3.84. The van der Waals surface area contributed by atoms with Gasteiger partial charge in [0.05, 0.1) is 37.4 Å². The average Bonchev–Trinajstić information content (AvgIpc) is 2.74. The Morgan fingerprint density at radius 2 is 2.03 bits per heavy atom. The number of para-hydroxylation sites is 1. The number of hydrogen-bond acceptors (Lipinski definition) is 7. The number of aromatic amines is 1. The second-order valence-corrected chi connectivity index (χ2v) is 7.00. The van der Waals surface area contributed by atoms with Crippen molar-refractivity contribution >= 4 is 0 Å². The van der Waals surface area contributed by atoms with Crippen LogP contribution in [0, 0.1) is 6.92 Å². The minimum atomic E-state index is -0.130. The monoisotopic (exact) mass is 393 g/mol. The van der Waals surface area contributed by atoms with Crippen LogP contribution >= 0.6 is 0 Å². The maximum absolute atomic E-state index is 12.7. The highest BCUT2D eigenvalue weighted by Gasteiger charge is 2.23. The number of methoxy groups -OCH3 is 2. The molecule has 2 aromatic heterocycles. The van der Waals surface area contributed by atoms with Gasteiger partial charge >= 0.3 is 0 Å². The smallest absolute Gasteiger partial charge is 0.255 e. The molecule has 1 aromatic carbocycles. The van der Waals surface area contributed by atoms with Crippen LogP contribution in [0.5, 0.6) is 11.5 Å². The molecule has 150 valence electrons. The fourth-order valence-electron chi connectivity index (χ4n) is 3.57. The Balaban J connectivity index is 1.58. The van der Waals surface area contributed by atoms with E-state index in [9.17, 15) is 4.79 Å². The largest absolute Gasteiger partial charge is 0.493 e. The third-order valence-electron chi connectivity index (χ3n) is 5.05. The summed E-state index contributed by atoms with van der Waals surface area (Å²) in [5.41, 5.74) is 3.79. The van der Waals surface area contributed by atoms with E-state index in [1.807, 2.05) is 25.1 Å². The summed E-state index contributed by atoms with van der Waals surface area (Å²) in [7, 11) is 3.26. The SMILES string of the molecule is COc1cccc(CN2CCc3nc(-c4cnc(C)cn4)[nH]c(=O)c3C2)c1OC. The highest BCUT2D eigenvalue weighted by atomic mass is 16.5.